The molecule has 0 aliphatic carbocycles. The summed E-state index contributed by atoms with van der Waals surface area (Å²) in [6.45, 7) is 3.15. The summed E-state index contributed by atoms with van der Waals surface area (Å²) in [5.41, 5.74) is 0.827. The highest BCUT2D eigenvalue weighted by Gasteiger charge is 2.20. The molecule has 0 bridgehead atoms. The smallest absolute Gasteiger partial charge is 0.219 e. The molecule has 1 aliphatic rings. The number of pyridine rings is 1. The Kier molecular flexibility index (Phi) is 3.56. The minimum absolute atomic E-state index is 0.131. The van der Waals surface area contributed by atoms with E-state index >= 15 is 0 Å². The quantitative estimate of drug-likeness (QED) is 0.795. The summed E-state index contributed by atoms with van der Waals surface area (Å²) >= 11 is 0. The molecule has 1 aromatic heterocycles. The number of nitrogens with zero attached hydrogens (tertiary/aromatic N) is 2. The van der Waals surface area contributed by atoms with Gasteiger partial charge in [0.15, 0.2) is 0 Å². The van der Waals surface area contributed by atoms with Crippen molar-refractivity contribution in [3.63, 3.8) is 0 Å². The Morgan fingerprint density at radius 2 is 2.18 bits per heavy atom. The number of amides is 1. The Hall–Kier alpha value is -1.65. The first-order chi connectivity index (χ1) is 8.15. The number of likely N-dealkylation sites (tertiary alicyclic amines) is 1. The molecule has 17 heavy (non-hydrogen) atoms. The Morgan fingerprint density at radius 3 is 2.71 bits per heavy atom. The molecule has 1 amide bonds. The van der Waals surface area contributed by atoms with E-state index in [2.05, 4.69) is 10.3 Å². The van der Waals surface area contributed by atoms with Gasteiger partial charge in [-0.3, -0.25) is 4.79 Å². The van der Waals surface area contributed by atoms with E-state index < -0.39 is 5.95 Å². The number of hydrogen-bond donors (Lipinski definition) is 1. The predicted molar refractivity (Wildman–Crippen MR) is 63.1 cm³/mol. The number of nitrogens with one attached hydrogen (secondary N) is 1. The van der Waals surface area contributed by atoms with Crippen molar-refractivity contribution in [1.82, 2.24) is 9.88 Å². The number of aromatic nitrogens is 1. The van der Waals surface area contributed by atoms with Gasteiger partial charge in [0.1, 0.15) is 0 Å². The van der Waals surface area contributed by atoms with Gasteiger partial charge in [-0.25, -0.2) is 4.98 Å². The molecule has 2 rings (SSSR count). The normalized spacial score (nSPS) is 16.9. The third-order valence-corrected chi connectivity index (χ3v) is 3.04. The van der Waals surface area contributed by atoms with E-state index in [0.717, 1.165) is 31.6 Å². The zero-order valence-electron chi connectivity index (χ0n) is 9.82. The van der Waals surface area contributed by atoms with E-state index in [9.17, 15) is 9.18 Å². The number of anilines is 1. The van der Waals surface area contributed by atoms with Crippen LogP contribution in [0.5, 0.6) is 0 Å². The summed E-state index contributed by atoms with van der Waals surface area (Å²) < 4.78 is 12.6. The molecule has 0 saturated carbocycles. The molecule has 1 fully saturated rings. The van der Waals surface area contributed by atoms with Gasteiger partial charge in [0, 0.05) is 26.1 Å². The van der Waals surface area contributed by atoms with Crippen LogP contribution in [-0.4, -0.2) is 34.9 Å². The highest BCUT2D eigenvalue weighted by Crippen LogP contribution is 2.16. The average Bonchev–Trinajstić information content (AvgIpc) is 2.33. The van der Waals surface area contributed by atoms with Crippen LogP contribution in [0.25, 0.3) is 0 Å². The number of hydrogen-bond acceptors (Lipinski definition) is 3. The Bertz CT molecular complexity index is 385. The van der Waals surface area contributed by atoms with Crippen LogP contribution in [0.2, 0.25) is 0 Å². The van der Waals surface area contributed by atoms with E-state index in [1.165, 1.54) is 12.3 Å². The van der Waals surface area contributed by atoms with Crippen LogP contribution >= 0.6 is 0 Å². The topological polar surface area (TPSA) is 45.2 Å². The van der Waals surface area contributed by atoms with Gasteiger partial charge in [0.25, 0.3) is 0 Å². The highest BCUT2D eigenvalue weighted by molar-refractivity contribution is 5.73. The van der Waals surface area contributed by atoms with Crippen molar-refractivity contribution in [2.24, 2.45) is 0 Å². The van der Waals surface area contributed by atoms with Crippen LogP contribution in [0.3, 0.4) is 0 Å². The second-order valence-electron chi connectivity index (χ2n) is 4.29. The van der Waals surface area contributed by atoms with Crippen LogP contribution in [0, 0.1) is 5.95 Å². The largest absolute Gasteiger partial charge is 0.381 e. The predicted octanol–water partition coefficient (Wildman–Crippen LogP) is 1.64. The average molecular weight is 237 g/mol. The molecule has 0 radical (unpaired) electrons. The lowest BCUT2D eigenvalue weighted by molar-refractivity contribution is -0.129. The van der Waals surface area contributed by atoms with Gasteiger partial charge in [-0.1, -0.05) is 0 Å². The highest BCUT2D eigenvalue weighted by atomic mass is 19.1. The second kappa shape index (κ2) is 5.12. The first-order valence-corrected chi connectivity index (χ1v) is 5.79. The van der Waals surface area contributed by atoms with Crippen molar-refractivity contribution < 1.29 is 9.18 Å². The van der Waals surface area contributed by atoms with Crippen molar-refractivity contribution in [2.75, 3.05) is 18.4 Å². The van der Waals surface area contributed by atoms with Crippen molar-refractivity contribution in [3.05, 3.63) is 24.3 Å². The van der Waals surface area contributed by atoms with Crippen molar-refractivity contribution >= 4 is 11.6 Å². The number of carbonyl (C=O) groups is 1. The summed E-state index contributed by atoms with van der Waals surface area (Å²) in [5.74, 6) is -0.339. The van der Waals surface area contributed by atoms with Crippen molar-refractivity contribution in [3.8, 4) is 0 Å². The van der Waals surface area contributed by atoms with E-state index in [-0.39, 0.29) is 5.91 Å². The Labute approximate surface area is 99.8 Å². The van der Waals surface area contributed by atoms with Gasteiger partial charge in [-0.15, -0.1) is 0 Å². The van der Waals surface area contributed by atoms with Gasteiger partial charge < -0.3 is 10.2 Å². The number of carbonyl (C=O) groups excluding carboxylic acids is 1. The molecule has 2 heterocycles. The summed E-state index contributed by atoms with van der Waals surface area (Å²) in [7, 11) is 0. The molecule has 1 N–H and O–H groups in total. The maximum absolute atomic E-state index is 12.6. The maximum Gasteiger partial charge on any atom is 0.219 e. The summed E-state index contributed by atoms with van der Waals surface area (Å²) in [4.78, 5) is 16.6. The van der Waals surface area contributed by atoms with Crippen LogP contribution in [0.1, 0.15) is 19.8 Å². The lowest BCUT2D eigenvalue weighted by atomic mass is 10.0. The molecule has 0 spiro atoms. The van der Waals surface area contributed by atoms with Crippen LogP contribution < -0.4 is 5.32 Å². The third kappa shape index (κ3) is 3.15. The molecule has 0 aromatic carbocycles. The number of rotatable bonds is 2. The Balaban J connectivity index is 1.85. The first-order valence-electron chi connectivity index (χ1n) is 5.79. The fourth-order valence-electron chi connectivity index (χ4n) is 2.04. The standard InChI is InChI=1S/C12H16FN3O/c1-9(17)16-6-4-10(5-7-16)15-11-2-3-12(13)14-8-11/h2-3,8,10,15H,4-7H2,1H3. The monoisotopic (exact) mass is 237 g/mol. The van der Waals surface area contributed by atoms with Gasteiger partial charge in [0.2, 0.25) is 11.9 Å². The summed E-state index contributed by atoms with van der Waals surface area (Å²) in [6.07, 6.45) is 3.32. The minimum atomic E-state index is -0.470. The van der Waals surface area contributed by atoms with Crippen molar-refractivity contribution in [1.29, 1.82) is 0 Å². The minimum Gasteiger partial charge on any atom is -0.381 e. The van der Waals surface area contributed by atoms with Gasteiger partial charge >= 0.3 is 0 Å². The number of halogens is 1. The molecule has 4 nitrogen and oxygen atoms in total. The molecular formula is C12H16FN3O. The zero-order valence-corrected chi connectivity index (χ0v) is 9.82. The molecule has 0 unspecified atom stereocenters. The summed E-state index contributed by atoms with van der Waals surface area (Å²) in [6, 6.07) is 3.35. The maximum atomic E-state index is 12.6. The van der Waals surface area contributed by atoms with Crippen LogP contribution in [0.4, 0.5) is 10.1 Å². The summed E-state index contributed by atoms with van der Waals surface area (Å²) in [5, 5.41) is 3.30. The fraction of sp³-hybridized carbons (Fsp3) is 0.500. The number of piperidine rings is 1. The molecule has 1 saturated heterocycles. The van der Waals surface area contributed by atoms with Gasteiger partial charge in [0.05, 0.1) is 11.9 Å². The second-order valence-corrected chi connectivity index (χ2v) is 4.29. The van der Waals surface area contributed by atoms with Gasteiger partial charge in [-0.2, -0.15) is 4.39 Å². The Morgan fingerprint density at radius 1 is 1.47 bits per heavy atom. The van der Waals surface area contributed by atoms with Gasteiger partial charge in [-0.05, 0) is 25.0 Å². The van der Waals surface area contributed by atoms with Crippen LogP contribution in [0.15, 0.2) is 18.3 Å². The molecule has 1 aliphatic heterocycles. The first kappa shape index (κ1) is 11.8. The molecule has 0 atom stereocenters. The van der Waals surface area contributed by atoms with Crippen molar-refractivity contribution in [2.45, 2.75) is 25.8 Å². The lowest BCUT2D eigenvalue weighted by Crippen LogP contribution is -2.41. The zero-order chi connectivity index (χ0) is 12.3. The SMILES string of the molecule is CC(=O)N1CCC(Nc2ccc(F)nc2)CC1. The third-order valence-electron chi connectivity index (χ3n) is 3.04. The molecule has 1 aromatic rings. The van der Waals surface area contributed by atoms with Crippen LogP contribution in [-0.2, 0) is 4.79 Å². The fourth-order valence-corrected chi connectivity index (χ4v) is 2.04. The lowest BCUT2D eigenvalue weighted by Gasteiger charge is -2.32. The van der Waals surface area contributed by atoms with E-state index in [1.807, 2.05) is 4.90 Å². The van der Waals surface area contributed by atoms with E-state index in [1.54, 1.807) is 13.0 Å². The molecule has 5 heteroatoms. The van der Waals surface area contributed by atoms with E-state index in [4.69, 9.17) is 0 Å². The molecule has 92 valence electrons. The van der Waals surface area contributed by atoms with E-state index in [0.29, 0.717) is 6.04 Å². The molecular weight excluding hydrogens is 221 g/mol.